The van der Waals surface area contributed by atoms with Crippen LogP contribution in [0.5, 0.6) is 0 Å². The van der Waals surface area contributed by atoms with Crippen molar-refractivity contribution in [2.75, 3.05) is 0 Å². The molecule has 0 aliphatic heterocycles. The van der Waals surface area contributed by atoms with Crippen molar-refractivity contribution in [2.24, 2.45) is 0 Å². The van der Waals surface area contributed by atoms with E-state index in [-0.39, 0.29) is 0 Å². The van der Waals surface area contributed by atoms with Crippen LogP contribution in [0, 0.1) is 0 Å². The van der Waals surface area contributed by atoms with Crippen LogP contribution in [0.25, 0.3) is 98.5 Å². The molecule has 3 heterocycles. The molecule has 6 nitrogen and oxygen atoms in total. The van der Waals surface area contributed by atoms with Crippen molar-refractivity contribution < 1.29 is 0 Å². The van der Waals surface area contributed by atoms with Crippen molar-refractivity contribution >= 4 is 98.5 Å². The Morgan fingerprint density at radius 1 is 0.188 bits per heavy atom. The van der Waals surface area contributed by atoms with Crippen molar-refractivity contribution in [1.29, 1.82) is 0 Å². The smallest absolute Gasteiger partial charge is 0.120 e. The summed E-state index contributed by atoms with van der Waals surface area (Å²) in [5.41, 5.74) is 8.56. The maximum atomic E-state index is 5.39. The Balaban J connectivity index is 1.62. The van der Waals surface area contributed by atoms with Gasteiger partial charge in [-0.2, -0.15) is 0 Å². The summed E-state index contributed by atoms with van der Waals surface area (Å²) in [6.07, 6.45) is 0. The van der Waals surface area contributed by atoms with E-state index >= 15 is 0 Å². The van der Waals surface area contributed by atoms with E-state index in [1.54, 1.807) is 0 Å². The zero-order valence-electron chi connectivity index (χ0n) is 25.5. The fraction of sp³-hybridized carbons (Fsp3) is 0. The van der Waals surface area contributed by atoms with Gasteiger partial charge in [0.05, 0.1) is 33.1 Å². The van der Waals surface area contributed by atoms with E-state index in [1.165, 1.54) is 0 Å². The zero-order chi connectivity index (χ0) is 31.6. The van der Waals surface area contributed by atoms with Gasteiger partial charge in [-0.1, -0.05) is 109 Å². The van der Waals surface area contributed by atoms with E-state index in [0.29, 0.717) is 33.1 Å². The molecule has 0 saturated heterocycles. The van der Waals surface area contributed by atoms with Crippen LogP contribution in [-0.4, -0.2) is 29.9 Å². The molecule has 0 aliphatic carbocycles. The molecule has 0 bridgehead atoms. The topological polar surface area (TPSA) is 77.3 Å². The molecule has 0 radical (unpaired) electrons. The fourth-order valence-electron chi connectivity index (χ4n) is 6.82. The number of rotatable bonds is 0. The Hall–Kier alpha value is -6.66. The highest BCUT2D eigenvalue weighted by Gasteiger charge is 2.17. The highest BCUT2D eigenvalue weighted by Crippen LogP contribution is 2.34. The Morgan fingerprint density at radius 3 is 0.500 bits per heavy atom. The van der Waals surface area contributed by atoms with Crippen molar-refractivity contribution in [3.63, 3.8) is 0 Å². The van der Waals surface area contributed by atoms with E-state index in [2.05, 4.69) is 36.4 Å². The number of para-hydroxylation sites is 6. The molecule has 3 aromatic heterocycles. The van der Waals surface area contributed by atoms with Gasteiger partial charge < -0.3 is 0 Å². The normalized spacial score (nSPS) is 11.8. The highest BCUT2D eigenvalue weighted by molar-refractivity contribution is 6.22. The molecule has 0 fully saturated rings. The predicted octanol–water partition coefficient (Wildman–Crippen LogP) is 10.1. The summed E-state index contributed by atoms with van der Waals surface area (Å²) in [5, 5.41) is 5.99. The number of hydrogen-bond donors (Lipinski definition) is 0. The van der Waals surface area contributed by atoms with Crippen LogP contribution in [0.2, 0.25) is 0 Å². The molecule has 0 amide bonds. The van der Waals surface area contributed by atoms with Gasteiger partial charge in [-0.15, -0.1) is 0 Å². The van der Waals surface area contributed by atoms with E-state index < -0.39 is 0 Å². The quantitative estimate of drug-likeness (QED) is 0.170. The summed E-state index contributed by atoms with van der Waals surface area (Å²) in [6, 6.07) is 49.1. The average molecular weight is 613 g/mol. The van der Waals surface area contributed by atoms with Crippen LogP contribution in [-0.2, 0) is 0 Å². The first-order valence-corrected chi connectivity index (χ1v) is 15.9. The van der Waals surface area contributed by atoms with Crippen molar-refractivity contribution in [2.45, 2.75) is 0 Å². The molecule has 6 heteroatoms. The molecular formula is C42H24N6. The second-order valence-corrected chi connectivity index (χ2v) is 11.9. The van der Waals surface area contributed by atoms with Crippen LogP contribution >= 0.6 is 0 Å². The molecule has 0 atom stereocenters. The average Bonchev–Trinajstić information content (AvgIpc) is 3.11. The lowest BCUT2D eigenvalue weighted by atomic mass is 10.1. The summed E-state index contributed by atoms with van der Waals surface area (Å²) in [7, 11) is 0. The van der Waals surface area contributed by atoms with Gasteiger partial charge in [0.2, 0.25) is 0 Å². The van der Waals surface area contributed by atoms with Gasteiger partial charge in [-0.05, 0) is 36.4 Å². The largest absolute Gasteiger partial charge is 0.244 e. The summed E-state index contributed by atoms with van der Waals surface area (Å²) < 4.78 is 0. The Morgan fingerprint density at radius 2 is 0.333 bits per heavy atom. The third-order valence-corrected chi connectivity index (χ3v) is 9.03. The lowest BCUT2D eigenvalue weighted by molar-refractivity contribution is 1.38. The molecule has 10 rings (SSSR count). The van der Waals surface area contributed by atoms with Crippen LogP contribution < -0.4 is 0 Å². The minimum Gasteiger partial charge on any atom is -0.244 e. The van der Waals surface area contributed by atoms with Gasteiger partial charge >= 0.3 is 0 Å². The van der Waals surface area contributed by atoms with Gasteiger partial charge in [0.15, 0.2) is 0 Å². The second kappa shape index (κ2) is 10.4. The van der Waals surface area contributed by atoms with E-state index in [4.69, 9.17) is 29.9 Å². The standard InChI is InChI=1S/C42H24N6/c1-7-19-31-25(13-1)26-14-2-8-20-32(26)44-38-37(43-31)39-41(47-35-23-11-5-16-28(35)27-15-3-9-21-33(27)45-39)42-40(38)46-34-22-10-4-17-29(34)30-18-6-12-24-36(30)48-42/h1-24H. The first-order chi connectivity index (χ1) is 23.8. The molecule has 0 unspecified atom stereocenters. The molecule has 0 N–H and O–H groups in total. The number of fused-ring (bicyclic) bond motifs is 15. The molecular weight excluding hydrogens is 589 g/mol. The van der Waals surface area contributed by atoms with Gasteiger partial charge in [-0.25, -0.2) is 29.9 Å². The molecule has 0 saturated carbocycles. The first-order valence-electron chi connectivity index (χ1n) is 15.9. The molecule has 0 spiro atoms. The second-order valence-electron chi connectivity index (χ2n) is 11.9. The predicted molar refractivity (Wildman–Crippen MR) is 197 cm³/mol. The third-order valence-electron chi connectivity index (χ3n) is 9.03. The van der Waals surface area contributed by atoms with Crippen molar-refractivity contribution in [1.82, 2.24) is 29.9 Å². The fourth-order valence-corrected chi connectivity index (χ4v) is 6.82. The maximum Gasteiger partial charge on any atom is 0.120 e. The van der Waals surface area contributed by atoms with Gasteiger partial charge in [0.25, 0.3) is 0 Å². The van der Waals surface area contributed by atoms with Gasteiger partial charge in [-0.3, -0.25) is 0 Å². The monoisotopic (exact) mass is 612 g/mol. The lowest BCUT2D eigenvalue weighted by Crippen LogP contribution is -1.96. The summed E-state index contributed by atoms with van der Waals surface area (Å²) >= 11 is 0. The van der Waals surface area contributed by atoms with Crippen molar-refractivity contribution in [3.8, 4) is 0 Å². The summed E-state index contributed by atoms with van der Waals surface area (Å²) in [6.45, 7) is 0. The number of benzene rings is 7. The Bertz CT molecular complexity index is 2510. The first kappa shape index (κ1) is 26.5. The minimum absolute atomic E-state index is 0.605. The summed E-state index contributed by atoms with van der Waals surface area (Å²) in [4.78, 5) is 32.3. The van der Waals surface area contributed by atoms with E-state index in [0.717, 1.165) is 65.4 Å². The van der Waals surface area contributed by atoms with Crippen LogP contribution in [0.3, 0.4) is 0 Å². The lowest BCUT2D eigenvalue weighted by Gasteiger charge is -2.10. The Labute approximate surface area is 273 Å². The minimum atomic E-state index is 0.605. The van der Waals surface area contributed by atoms with E-state index in [9.17, 15) is 0 Å². The van der Waals surface area contributed by atoms with Crippen molar-refractivity contribution in [3.05, 3.63) is 146 Å². The van der Waals surface area contributed by atoms with Crippen LogP contribution in [0.1, 0.15) is 0 Å². The molecule has 0 aliphatic rings. The Kier molecular flexibility index (Phi) is 5.77. The maximum absolute atomic E-state index is 5.39. The highest BCUT2D eigenvalue weighted by atomic mass is 14.9. The molecule has 7 aromatic carbocycles. The summed E-state index contributed by atoms with van der Waals surface area (Å²) in [5.74, 6) is 0. The van der Waals surface area contributed by atoms with E-state index in [1.807, 2.05) is 109 Å². The van der Waals surface area contributed by atoms with Gasteiger partial charge in [0.1, 0.15) is 33.1 Å². The SMILES string of the molecule is c1ccc2c(c1)nc1c3nc4ccccc4c4ccccc4nc3c3nc4ccccc4c4ccccc4nc3c1nc1ccccc12. The third kappa shape index (κ3) is 4.06. The molecule has 222 valence electrons. The number of nitrogens with zero attached hydrogens (tertiary/aromatic N) is 6. The molecule has 48 heavy (non-hydrogen) atoms. The number of aromatic nitrogens is 6. The van der Waals surface area contributed by atoms with Gasteiger partial charge in [0, 0.05) is 32.3 Å². The van der Waals surface area contributed by atoms with Crippen LogP contribution in [0.4, 0.5) is 0 Å². The molecule has 10 aromatic rings. The van der Waals surface area contributed by atoms with Crippen LogP contribution in [0.15, 0.2) is 146 Å². The number of hydrogen-bond acceptors (Lipinski definition) is 6. The zero-order valence-corrected chi connectivity index (χ0v) is 25.5.